The monoisotopic (exact) mass is 440 g/mol. The summed E-state index contributed by atoms with van der Waals surface area (Å²) in [4.78, 5) is 18.3. The molecule has 0 saturated heterocycles. The minimum Gasteiger partial charge on any atom is -0.301 e. The number of hydrogen-bond acceptors (Lipinski definition) is 3. The van der Waals surface area contributed by atoms with Crippen molar-refractivity contribution in [3.05, 3.63) is 106 Å². The van der Waals surface area contributed by atoms with E-state index in [1.165, 1.54) is 45.7 Å². The number of fused-ring (bicyclic) bond motifs is 1. The van der Waals surface area contributed by atoms with Gasteiger partial charge in [0.05, 0.1) is 11.1 Å². The SMILES string of the molecule is CC1(C(=O)Nc2nc(-c3ccc(F)cc3)cs2)CC2c3ccccc3C1c1ccccc12. The summed E-state index contributed by atoms with van der Waals surface area (Å²) in [6.07, 6.45) is 0.772. The largest absolute Gasteiger partial charge is 0.301 e. The van der Waals surface area contributed by atoms with E-state index in [9.17, 15) is 9.18 Å². The fourth-order valence-corrected chi connectivity index (χ4v) is 6.23. The van der Waals surface area contributed by atoms with Gasteiger partial charge in [0, 0.05) is 22.8 Å². The van der Waals surface area contributed by atoms with Crippen LogP contribution in [-0.4, -0.2) is 10.9 Å². The van der Waals surface area contributed by atoms with Gasteiger partial charge in [-0.25, -0.2) is 9.37 Å². The van der Waals surface area contributed by atoms with Crippen LogP contribution in [0, 0.1) is 11.2 Å². The van der Waals surface area contributed by atoms with E-state index in [-0.39, 0.29) is 23.6 Å². The van der Waals surface area contributed by atoms with Crippen molar-refractivity contribution < 1.29 is 9.18 Å². The number of hydrogen-bond donors (Lipinski definition) is 1. The molecule has 1 heterocycles. The van der Waals surface area contributed by atoms with Crippen molar-refractivity contribution in [3.8, 4) is 11.3 Å². The molecule has 32 heavy (non-hydrogen) atoms. The van der Waals surface area contributed by atoms with E-state index >= 15 is 0 Å². The lowest BCUT2D eigenvalue weighted by atomic mass is 9.52. The Morgan fingerprint density at radius 1 is 0.969 bits per heavy atom. The van der Waals surface area contributed by atoms with Gasteiger partial charge in [-0.15, -0.1) is 11.3 Å². The van der Waals surface area contributed by atoms with E-state index in [2.05, 4.69) is 65.8 Å². The van der Waals surface area contributed by atoms with Gasteiger partial charge in [0.25, 0.3) is 0 Å². The van der Waals surface area contributed by atoms with Gasteiger partial charge in [0.15, 0.2) is 5.13 Å². The lowest BCUT2D eigenvalue weighted by Gasteiger charge is -2.50. The van der Waals surface area contributed by atoms with Gasteiger partial charge in [-0.2, -0.15) is 0 Å². The Balaban J connectivity index is 1.34. The molecule has 3 nitrogen and oxygen atoms in total. The van der Waals surface area contributed by atoms with Crippen LogP contribution in [0.1, 0.15) is 47.4 Å². The molecule has 1 amide bonds. The molecule has 158 valence electrons. The molecule has 1 aromatic heterocycles. The highest BCUT2D eigenvalue weighted by Crippen LogP contribution is 2.61. The van der Waals surface area contributed by atoms with Gasteiger partial charge in [0.1, 0.15) is 5.82 Å². The molecule has 1 unspecified atom stereocenters. The minimum absolute atomic E-state index is 0.00323. The second kappa shape index (κ2) is 7.10. The summed E-state index contributed by atoms with van der Waals surface area (Å²) in [5, 5.41) is 5.55. The Hall–Kier alpha value is -3.31. The lowest BCUT2D eigenvalue weighted by molar-refractivity contribution is -0.126. The molecular weight excluding hydrogens is 419 g/mol. The number of aromatic nitrogens is 1. The number of benzene rings is 3. The van der Waals surface area contributed by atoms with E-state index in [0.29, 0.717) is 5.13 Å². The molecule has 5 heteroatoms. The first kappa shape index (κ1) is 19.4. The normalized spacial score (nSPS) is 22.8. The van der Waals surface area contributed by atoms with Crippen LogP contribution in [0.4, 0.5) is 9.52 Å². The van der Waals surface area contributed by atoms with Gasteiger partial charge in [-0.05, 0) is 59.9 Å². The summed E-state index contributed by atoms with van der Waals surface area (Å²) in [7, 11) is 0. The van der Waals surface area contributed by atoms with Gasteiger partial charge < -0.3 is 5.32 Å². The molecule has 1 N–H and O–H groups in total. The summed E-state index contributed by atoms with van der Waals surface area (Å²) in [5.74, 6) is -0.0551. The van der Waals surface area contributed by atoms with Crippen LogP contribution in [0.5, 0.6) is 0 Å². The molecule has 3 aromatic carbocycles. The van der Waals surface area contributed by atoms with Gasteiger partial charge >= 0.3 is 0 Å². The zero-order chi connectivity index (χ0) is 21.9. The summed E-state index contributed by atoms with van der Waals surface area (Å²) in [6, 6.07) is 23.3. The number of nitrogens with one attached hydrogen (secondary N) is 1. The zero-order valence-electron chi connectivity index (χ0n) is 17.5. The molecule has 0 aliphatic heterocycles. The van der Waals surface area contributed by atoms with Crippen LogP contribution < -0.4 is 5.32 Å². The van der Waals surface area contributed by atoms with Crippen molar-refractivity contribution >= 4 is 22.4 Å². The number of rotatable bonds is 3. The molecule has 0 spiro atoms. The first-order chi connectivity index (χ1) is 15.5. The number of halogens is 1. The molecular formula is C27H21FN2OS. The molecule has 0 radical (unpaired) electrons. The van der Waals surface area contributed by atoms with Crippen molar-refractivity contribution in [3.63, 3.8) is 0 Å². The molecule has 4 aromatic rings. The maximum absolute atomic E-state index is 13.7. The number of carbonyl (C=O) groups excluding carboxylic acids is 1. The first-order valence-corrected chi connectivity index (χ1v) is 11.6. The van der Waals surface area contributed by atoms with Crippen LogP contribution in [0.25, 0.3) is 11.3 Å². The first-order valence-electron chi connectivity index (χ1n) is 10.8. The third-order valence-electron chi connectivity index (χ3n) is 7.01. The van der Waals surface area contributed by atoms with E-state index in [1.54, 1.807) is 12.1 Å². The summed E-state index contributed by atoms with van der Waals surface area (Å²) in [5.41, 5.74) is 6.18. The van der Waals surface area contributed by atoms with E-state index in [0.717, 1.165) is 17.7 Å². The molecule has 0 fully saturated rings. The van der Waals surface area contributed by atoms with Crippen molar-refractivity contribution in [2.75, 3.05) is 5.32 Å². The van der Waals surface area contributed by atoms with Crippen LogP contribution in [0.15, 0.2) is 78.2 Å². The fraction of sp³-hybridized carbons (Fsp3) is 0.185. The third-order valence-corrected chi connectivity index (χ3v) is 7.77. The van der Waals surface area contributed by atoms with Gasteiger partial charge in [-0.1, -0.05) is 48.5 Å². The standard InChI is InChI=1S/C27H21FN2OS/c1-27(25(31)30-26-29-23(15-32-26)16-10-12-17(28)13-11-16)14-22-18-6-2-4-8-20(18)24(27)21-9-5-3-7-19(21)22/h2-13,15,22,24H,14H2,1H3,(H,29,30,31). The summed E-state index contributed by atoms with van der Waals surface area (Å²) < 4.78 is 13.2. The zero-order valence-corrected chi connectivity index (χ0v) is 18.3. The highest BCUT2D eigenvalue weighted by Gasteiger charge is 2.53. The number of nitrogens with zero attached hydrogens (tertiary/aromatic N) is 1. The Labute approximate surface area is 190 Å². The number of carbonyl (C=O) groups is 1. The topological polar surface area (TPSA) is 42.0 Å². The maximum atomic E-state index is 13.7. The Morgan fingerprint density at radius 2 is 1.56 bits per heavy atom. The molecule has 3 aliphatic carbocycles. The van der Waals surface area contributed by atoms with E-state index in [4.69, 9.17) is 0 Å². The van der Waals surface area contributed by atoms with Crippen LogP contribution in [-0.2, 0) is 4.79 Å². The van der Waals surface area contributed by atoms with Crippen LogP contribution >= 0.6 is 11.3 Å². The van der Waals surface area contributed by atoms with Crippen molar-refractivity contribution in [1.82, 2.24) is 4.98 Å². The summed E-state index contributed by atoms with van der Waals surface area (Å²) >= 11 is 1.39. The Morgan fingerprint density at radius 3 is 2.19 bits per heavy atom. The Bertz CT molecular complexity index is 1300. The molecule has 0 saturated carbocycles. The number of anilines is 1. The minimum atomic E-state index is -0.574. The Kier molecular flexibility index (Phi) is 4.30. The van der Waals surface area contributed by atoms with E-state index < -0.39 is 5.41 Å². The van der Waals surface area contributed by atoms with Gasteiger partial charge in [-0.3, -0.25) is 4.79 Å². The quantitative estimate of drug-likeness (QED) is 0.391. The predicted molar refractivity (Wildman–Crippen MR) is 125 cm³/mol. The van der Waals surface area contributed by atoms with Gasteiger partial charge in [0.2, 0.25) is 5.91 Å². The average molecular weight is 441 g/mol. The molecule has 7 rings (SSSR count). The predicted octanol–water partition coefficient (Wildman–Crippen LogP) is 6.58. The molecule has 1 atom stereocenters. The molecule has 3 aliphatic rings. The van der Waals surface area contributed by atoms with Crippen molar-refractivity contribution in [2.45, 2.75) is 25.2 Å². The smallest absolute Gasteiger partial charge is 0.233 e. The highest BCUT2D eigenvalue weighted by molar-refractivity contribution is 7.14. The summed E-state index contributed by atoms with van der Waals surface area (Å²) in [6.45, 7) is 2.08. The highest BCUT2D eigenvalue weighted by atomic mass is 32.1. The number of thiazole rings is 1. The average Bonchev–Trinajstić information content (AvgIpc) is 3.28. The van der Waals surface area contributed by atoms with Crippen LogP contribution in [0.2, 0.25) is 0 Å². The lowest BCUT2D eigenvalue weighted by Crippen LogP contribution is -2.47. The van der Waals surface area contributed by atoms with Crippen molar-refractivity contribution in [1.29, 1.82) is 0 Å². The number of amides is 1. The van der Waals surface area contributed by atoms with Crippen LogP contribution in [0.3, 0.4) is 0 Å². The second-order valence-electron chi connectivity index (χ2n) is 8.86. The molecule has 2 bridgehead atoms. The van der Waals surface area contributed by atoms with E-state index in [1.807, 2.05) is 5.38 Å². The maximum Gasteiger partial charge on any atom is 0.233 e. The van der Waals surface area contributed by atoms with Crippen molar-refractivity contribution in [2.24, 2.45) is 5.41 Å². The fourth-order valence-electron chi connectivity index (χ4n) is 5.51. The second-order valence-corrected chi connectivity index (χ2v) is 9.72. The third kappa shape index (κ3) is 2.84.